The molecule has 2 fully saturated rings. The van der Waals surface area contributed by atoms with E-state index in [2.05, 4.69) is 9.80 Å². The summed E-state index contributed by atoms with van der Waals surface area (Å²) in [6.07, 6.45) is 6.75. The quantitative estimate of drug-likeness (QED) is 0.844. The van der Waals surface area contributed by atoms with Gasteiger partial charge in [-0.05, 0) is 69.1 Å². The number of rotatable bonds is 4. The molecule has 2 aliphatic heterocycles. The van der Waals surface area contributed by atoms with Crippen molar-refractivity contribution in [3.63, 3.8) is 0 Å². The summed E-state index contributed by atoms with van der Waals surface area (Å²) in [6.45, 7) is 5.91. The van der Waals surface area contributed by atoms with Gasteiger partial charge in [-0.3, -0.25) is 4.90 Å². The summed E-state index contributed by atoms with van der Waals surface area (Å²) in [6, 6.07) is 4.54. The van der Waals surface area contributed by atoms with Gasteiger partial charge in [0.05, 0.1) is 6.54 Å². The van der Waals surface area contributed by atoms with Crippen LogP contribution in [0.15, 0.2) is 16.5 Å². The van der Waals surface area contributed by atoms with Crippen molar-refractivity contribution in [3.05, 3.63) is 23.1 Å². The Labute approximate surface area is 120 Å². The molecule has 3 rings (SSSR count). The predicted molar refractivity (Wildman–Crippen MR) is 77.4 cm³/mol. The van der Waals surface area contributed by atoms with E-state index in [0.29, 0.717) is 11.3 Å². The van der Waals surface area contributed by atoms with Gasteiger partial charge in [0.15, 0.2) is 5.22 Å². The molecule has 1 unspecified atom stereocenters. The van der Waals surface area contributed by atoms with Crippen LogP contribution in [0.1, 0.15) is 37.9 Å². The molecule has 4 heteroatoms. The Morgan fingerprint density at radius 2 is 1.89 bits per heavy atom. The maximum atomic E-state index is 5.86. The lowest BCUT2D eigenvalue weighted by Crippen LogP contribution is -2.45. The standard InChI is InChI=1S/C15H23ClN2O/c16-15-7-6-14(19-15)12-18-10-2-1-5-13(18)11-17-8-3-4-9-17/h6-7,13H,1-5,8-12H2. The molecule has 2 aliphatic rings. The fourth-order valence-corrected chi connectivity index (χ4v) is 3.54. The van der Waals surface area contributed by atoms with Crippen molar-refractivity contribution in [2.45, 2.75) is 44.7 Å². The molecule has 0 amide bonds. The van der Waals surface area contributed by atoms with Gasteiger partial charge in [-0.25, -0.2) is 0 Å². The third-order valence-corrected chi connectivity index (χ3v) is 4.61. The fraction of sp³-hybridized carbons (Fsp3) is 0.733. The molecule has 106 valence electrons. The lowest BCUT2D eigenvalue weighted by atomic mass is 10.0. The first kappa shape index (κ1) is 13.5. The zero-order valence-electron chi connectivity index (χ0n) is 11.5. The van der Waals surface area contributed by atoms with E-state index in [1.54, 1.807) is 0 Å². The summed E-state index contributed by atoms with van der Waals surface area (Å²) in [7, 11) is 0. The lowest BCUT2D eigenvalue weighted by Gasteiger charge is -2.37. The number of halogens is 1. The highest BCUT2D eigenvalue weighted by atomic mass is 35.5. The molecule has 19 heavy (non-hydrogen) atoms. The number of furan rings is 1. The molecule has 1 aromatic heterocycles. The van der Waals surface area contributed by atoms with E-state index in [0.717, 1.165) is 12.3 Å². The van der Waals surface area contributed by atoms with Crippen LogP contribution in [0, 0.1) is 0 Å². The summed E-state index contributed by atoms with van der Waals surface area (Å²) in [4.78, 5) is 5.20. The highest BCUT2D eigenvalue weighted by Crippen LogP contribution is 2.23. The Morgan fingerprint density at radius 1 is 1.11 bits per heavy atom. The summed E-state index contributed by atoms with van der Waals surface area (Å²) in [5.74, 6) is 0.998. The molecule has 3 nitrogen and oxygen atoms in total. The predicted octanol–water partition coefficient (Wildman–Crippen LogP) is 3.38. The zero-order valence-corrected chi connectivity index (χ0v) is 12.2. The molecular formula is C15H23ClN2O. The molecule has 0 radical (unpaired) electrons. The number of hydrogen-bond donors (Lipinski definition) is 0. The van der Waals surface area contributed by atoms with Crippen molar-refractivity contribution in [3.8, 4) is 0 Å². The molecule has 0 aliphatic carbocycles. The van der Waals surface area contributed by atoms with Crippen LogP contribution in [0.2, 0.25) is 5.22 Å². The second-order valence-electron chi connectivity index (χ2n) is 5.83. The number of likely N-dealkylation sites (tertiary alicyclic amines) is 2. The largest absolute Gasteiger partial charge is 0.448 e. The van der Waals surface area contributed by atoms with Gasteiger partial charge in [0.2, 0.25) is 0 Å². The van der Waals surface area contributed by atoms with Crippen LogP contribution in [-0.4, -0.2) is 42.0 Å². The Morgan fingerprint density at radius 3 is 2.63 bits per heavy atom. The molecule has 3 heterocycles. The number of piperidine rings is 1. The monoisotopic (exact) mass is 282 g/mol. The van der Waals surface area contributed by atoms with Crippen LogP contribution < -0.4 is 0 Å². The average Bonchev–Trinajstić information content (AvgIpc) is 3.04. The van der Waals surface area contributed by atoms with Crippen LogP contribution in [-0.2, 0) is 6.54 Å². The fourth-order valence-electron chi connectivity index (χ4n) is 3.38. The highest BCUT2D eigenvalue weighted by Gasteiger charge is 2.26. The summed E-state index contributed by atoms with van der Waals surface area (Å²) in [5, 5.41) is 0.503. The van der Waals surface area contributed by atoms with Gasteiger partial charge in [0, 0.05) is 12.6 Å². The van der Waals surface area contributed by atoms with E-state index in [9.17, 15) is 0 Å². The third-order valence-electron chi connectivity index (χ3n) is 4.40. The van der Waals surface area contributed by atoms with Crippen LogP contribution in [0.25, 0.3) is 0 Å². The molecule has 0 spiro atoms. The number of hydrogen-bond acceptors (Lipinski definition) is 3. The van der Waals surface area contributed by atoms with Crippen molar-refractivity contribution in [2.75, 3.05) is 26.2 Å². The molecule has 1 atom stereocenters. The van der Waals surface area contributed by atoms with Crippen LogP contribution in [0.3, 0.4) is 0 Å². The Balaban J connectivity index is 1.59. The van der Waals surface area contributed by atoms with Gasteiger partial charge in [-0.15, -0.1) is 0 Å². The molecule has 0 aromatic carbocycles. The Hall–Kier alpha value is -0.510. The second-order valence-corrected chi connectivity index (χ2v) is 6.21. The summed E-state index contributed by atoms with van der Waals surface area (Å²) < 4.78 is 5.51. The van der Waals surface area contributed by atoms with Crippen molar-refractivity contribution < 1.29 is 4.42 Å². The molecular weight excluding hydrogens is 260 g/mol. The maximum absolute atomic E-state index is 5.86. The van der Waals surface area contributed by atoms with Crippen molar-refractivity contribution in [2.24, 2.45) is 0 Å². The summed E-state index contributed by atoms with van der Waals surface area (Å²) >= 11 is 5.86. The van der Waals surface area contributed by atoms with Gasteiger partial charge < -0.3 is 9.32 Å². The van der Waals surface area contributed by atoms with E-state index in [1.807, 2.05) is 12.1 Å². The van der Waals surface area contributed by atoms with E-state index in [1.165, 1.54) is 58.3 Å². The molecule has 2 saturated heterocycles. The Bertz CT molecular complexity index is 401. The average molecular weight is 283 g/mol. The second kappa shape index (κ2) is 6.29. The highest BCUT2D eigenvalue weighted by molar-refractivity contribution is 6.28. The first-order valence-electron chi connectivity index (χ1n) is 7.52. The molecule has 0 N–H and O–H groups in total. The Kier molecular flexibility index (Phi) is 4.46. The minimum absolute atomic E-state index is 0.503. The SMILES string of the molecule is Clc1ccc(CN2CCCCC2CN2CCCC2)o1. The first-order chi connectivity index (χ1) is 9.31. The maximum Gasteiger partial charge on any atom is 0.193 e. The molecule has 1 aromatic rings. The van der Waals surface area contributed by atoms with Gasteiger partial charge in [0.25, 0.3) is 0 Å². The molecule has 0 saturated carbocycles. The number of nitrogens with zero attached hydrogens (tertiary/aromatic N) is 2. The minimum Gasteiger partial charge on any atom is -0.448 e. The van der Waals surface area contributed by atoms with Crippen LogP contribution >= 0.6 is 11.6 Å². The summed E-state index contributed by atoms with van der Waals surface area (Å²) in [5.41, 5.74) is 0. The zero-order chi connectivity index (χ0) is 13.1. The van der Waals surface area contributed by atoms with E-state index in [4.69, 9.17) is 16.0 Å². The van der Waals surface area contributed by atoms with Crippen molar-refractivity contribution >= 4 is 11.6 Å². The normalized spacial score (nSPS) is 26.1. The van der Waals surface area contributed by atoms with Gasteiger partial charge >= 0.3 is 0 Å². The van der Waals surface area contributed by atoms with Gasteiger partial charge in [-0.2, -0.15) is 0 Å². The van der Waals surface area contributed by atoms with Gasteiger partial charge in [0.1, 0.15) is 5.76 Å². The van der Waals surface area contributed by atoms with E-state index < -0.39 is 0 Å². The lowest BCUT2D eigenvalue weighted by molar-refractivity contribution is 0.0993. The van der Waals surface area contributed by atoms with Crippen molar-refractivity contribution in [1.29, 1.82) is 0 Å². The van der Waals surface area contributed by atoms with E-state index >= 15 is 0 Å². The van der Waals surface area contributed by atoms with Crippen molar-refractivity contribution in [1.82, 2.24) is 9.80 Å². The van der Waals surface area contributed by atoms with Crippen LogP contribution in [0.5, 0.6) is 0 Å². The van der Waals surface area contributed by atoms with Gasteiger partial charge in [-0.1, -0.05) is 6.42 Å². The third kappa shape index (κ3) is 3.53. The van der Waals surface area contributed by atoms with E-state index in [-0.39, 0.29) is 0 Å². The first-order valence-corrected chi connectivity index (χ1v) is 7.90. The molecule has 0 bridgehead atoms. The topological polar surface area (TPSA) is 19.6 Å². The minimum atomic E-state index is 0.503. The van der Waals surface area contributed by atoms with Crippen LogP contribution in [0.4, 0.5) is 0 Å². The smallest absolute Gasteiger partial charge is 0.193 e.